The Hall–Kier alpha value is -0.950. The fraction of sp³-hybridized carbons (Fsp3) is 0.833. The van der Waals surface area contributed by atoms with Crippen molar-refractivity contribution in [2.75, 3.05) is 19.8 Å². The van der Waals surface area contributed by atoms with Crippen molar-refractivity contribution in [1.29, 1.82) is 0 Å². The summed E-state index contributed by atoms with van der Waals surface area (Å²) in [5.41, 5.74) is 0. The summed E-state index contributed by atoms with van der Waals surface area (Å²) in [7, 11) is -5.01. The average Bonchev–Trinajstić information content (AvgIpc) is 2.40. The smallest absolute Gasteiger partial charge is 0.343 e. The monoisotopic (exact) mass is 326 g/mol. The van der Waals surface area contributed by atoms with E-state index in [1.165, 1.54) is 13.8 Å². The molecule has 2 atom stereocenters. The van der Waals surface area contributed by atoms with E-state index in [2.05, 4.69) is 0 Å². The second-order valence-electron chi connectivity index (χ2n) is 4.39. The fourth-order valence-corrected chi connectivity index (χ4v) is 3.67. The average molecular weight is 326 g/mol. The summed E-state index contributed by atoms with van der Waals surface area (Å²) in [5.74, 6) is -3.38. The number of aliphatic hydroxyl groups is 1. The number of ether oxygens (including phenoxy) is 2. The normalized spacial score (nSPS) is 15.9. The molecule has 0 fully saturated rings. The lowest BCUT2D eigenvalue weighted by Gasteiger charge is -2.36. The number of carbonyl (C=O) groups excluding carboxylic acids is 2. The molecule has 2 unspecified atom stereocenters. The zero-order chi connectivity index (χ0) is 16.7. The van der Waals surface area contributed by atoms with Gasteiger partial charge in [-0.15, -0.1) is 0 Å². The molecule has 0 bridgehead atoms. The van der Waals surface area contributed by atoms with Crippen LogP contribution >= 0.6 is 7.60 Å². The standard InChI is InChI=1S/C12H23O8P/c1-4-9(10(14)19-6-3)12(5-2,21(16,17)18)11(15)20-8-7-13/h9,13H,4-8H2,1-3H3,(H2,16,17,18). The van der Waals surface area contributed by atoms with E-state index in [9.17, 15) is 23.9 Å². The number of hydrogen-bond acceptors (Lipinski definition) is 6. The van der Waals surface area contributed by atoms with Crippen LogP contribution in [0, 0.1) is 5.92 Å². The van der Waals surface area contributed by atoms with Gasteiger partial charge in [-0.25, -0.2) is 0 Å². The van der Waals surface area contributed by atoms with Crippen molar-refractivity contribution in [3.8, 4) is 0 Å². The molecule has 0 aromatic rings. The van der Waals surface area contributed by atoms with Crippen LogP contribution in [0.1, 0.15) is 33.6 Å². The van der Waals surface area contributed by atoms with E-state index >= 15 is 0 Å². The second kappa shape index (κ2) is 8.48. The summed E-state index contributed by atoms with van der Waals surface area (Å²) < 4.78 is 21.4. The summed E-state index contributed by atoms with van der Waals surface area (Å²) >= 11 is 0. The SMILES string of the molecule is CCOC(=O)C(CC)C(CC)(C(=O)OCCO)P(=O)(O)O. The van der Waals surface area contributed by atoms with Gasteiger partial charge in [-0.05, 0) is 19.8 Å². The molecule has 0 aromatic carbocycles. The molecule has 8 nitrogen and oxygen atoms in total. The highest BCUT2D eigenvalue weighted by Crippen LogP contribution is 2.58. The van der Waals surface area contributed by atoms with Crippen molar-refractivity contribution in [3.05, 3.63) is 0 Å². The molecular weight excluding hydrogens is 303 g/mol. The van der Waals surface area contributed by atoms with Gasteiger partial charge < -0.3 is 24.4 Å². The van der Waals surface area contributed by atoms with Crippen LogP contribution in [-0.4, -0.2) is 51.8 Å². The van der Waals surface area contributed by atoms with E-state index in [-0.39, 0.29) is 19.4 Å². The number of hydrogen-bond donors (Lipinski definition) is 3. The summed E-state index contributed by atoms with van der Waals surface area (Å²) in [6.45, 7) is 3.62. The highest BCUT2D eigenvalue weighted by molar-refractivity contribution is 7.54. The Labute approximate surface area is 123 Å². The van der Waals surface area contributed by atoms with Gasteiger partial charge in [0.05, 0.1) is 19.1 Å². The van der Waals surface area contributed by atoms with Crippen LogP contribution in [-0.2, 0) is 23.6 Å². The van der Waals surface area contributed by atoms with Crippen molar-refractivity contribution in [2.24, 2.45) is 5.92 Å². The van der Waals surface area contributed by atoms with Gasteiger partial charge in [0.1, 0.15) is 6.61 Å². The minimum atomic E-state index is -5.01. The molecule has 0 amide bonds. The van der Waals surface area contributed by atoms with Gasteiger partial charge in [0.15, 0.2) is 5.16 Å². The third kappa shape index (κ3) is 4.26. The lowest BCUT2D eigenvalue weighted by atomic mass is 9.86. The molecule has 0 radical (unpaired) electrons. The molecule has 9 heteroatoms. The first-order valence-corrected chi connectivity index (χ1v) is 8.34. The lowest BCUT2D eigenvalue weighted by molar-refractivity contribution is -0.160. The van der Waals surface area contributed by atoms with Gasteiger partial charge in [-0.3, -0.25) is 14.2 Å². The zero-order valence-corrected chi connectivity index (χ0v) is 13.3. The van der Waals surface area contributed by atoms with Crippen molar-refractivity contribution >= 4 is 19.5 Å². The predicted octanol–water partition coefficient (Wildman–Crippen LogP) is 0.438. The van der Waals surface area contributed by atoms with E-state index in [1.54, 1.807) is 6.92 Å². The number of carbonyl (C=O) groups is 2. The van der Waals surface area contributed by atoms with Crippen LogP contribution in [0.15, 0.2) is 0 Å². The summed E-state index contributed by atoms with van der Waals surface area (Å²) in [5, 5.41) is 6.38. The summed E-state index contributed by atoms with van der Waals surface area (Å²) in [4.78, 5) is 43.5. The van der Waals surface area contributed by atoms with Crippen molar-refractivity contribution in [2.45, 2.75) is 38.8 Å². The van der Waals surface area contributed by atoms with Gasteiger partial charge in [-0.2, -0.15) is 0 Å². The predicted molar refractivity (Wildman–Crippen MR) is 73.5 cm³/mol. The summed E-state index contributed by atoms with van der Waals surface area (Å²) in [6, 6.07) is 0. The van der Waals surface area contributed by atoms with Crippen LogP contribution < -0.4 is 0 Å². The quantitative estimate of drug-likeness (QED) is 0.411. The van der Waals surface area contributed by atoms with Crippen LogP contribution in [0.4, 0.5) is 0 Å². The zero-order valence-electron chi connectivity index (χ0n) is 12.4. The van der Waals surface area contributed by atoms with E-state index in [4.69, 9.17) is 14.6 Å². The molecule has 0 spiro atoms. The van der Waals surface area contributed by atoms with E-state index in [0.717, 1.165) is 0 Å². The molecule has 3 N–H and O–H groups in total. The van der Waals surface area contributed by atoms with Crippen molar-refractivity contribution < 1.29 is 38.5 Å². The molecular formula is C12H23O8P. The molecule has 124 valence electrons. The van der Waals surface area contributed by atoms with Gasteiger partial charge >= 0.3 is 19.5 Å². The Balaban J connectivity index is 5.82. The maximum Gasteiger partial charge on any atom is 0.343 e. The molecule has 0 aromatic heterocycles. The van der Waals surface area contributed by atoms with E-state index < -0.39 is 43.8 Å². The van der Waals surface area contributed by atoms with Gasteiger partial charge in [-0.1, -0.05) is 13.8 Å². The molecule has 0 heterocycles. The molecule has 0 rings (SSSR count). The first-order valence-electron chi connectivity index (χ1n) is 6.73. The van der Waals surface area contributed by atoms with Crippen LogP contribution in [0.3, 0.4) is 0 Å². The van der Waals surface area contributed by atoms with E-state index in [1.807, 2.05) is 0 Å². The summed E-state index contributed by atoms with van der Waals surface area (Å²) in [6.07, 6.45) is -0.287. The topological polar surface area (TPSA) is 130 Å². The second-order valence-corrected chi connectivity index (χ2v) is 6.28. The first kappa shape index (κ1) is 20.1. The van der Waals surface area contributed by atoms with Crippen LogP contribution in [0.25, 0.3) is 0 Å². The minimum Gasteiger partial charge on any atom is -0.466 e. The maximum atomic E-state index is 12.2. The van der Waals surface area contributed by atoms with Crippen LogP contribution in [0.5, 0.6) is 0 Å². The third-order valence-corrected chi connectivity index (χ3v) is 5.14. The maximum absolute atomic E-state index is 12.2. The molecule has 0 aliphatic heterocycles. The number of aliphatic hydroxyl groups excluding tert-OH is 1. The fourth-order valence-electron chi connectivity index (χ4n) is 2.27. The Kier molecular flexibility index (Phi) is 8.10. The lowest BCUT2D eigenvalue weighted by Crippen LogP contribution is -2.50. The number of esters is 2. The Bertz CT molecular complexity index is 404. The molecule has 0 aliphatic carbocycles. The minimum absolute atomic E-state index is 0.00596. The third-order valence-electron chi connectivity index (χ3n) is 3.29. The van der Waals surface area contributed by atoms with Gasteiger partial charge in [0.2, 0.25) is 0 Å². The molecule has 0 aliphatic rings. The molecule has 21 heavy (non-hydrogen) atoms. The Morgan fingerprint density at radius 2 is 1.76 bits per heavy atom. The number of rotatable bonds is 9. The largest absolute Gasteiger partial charge is 0.466 e. The molecule has 0 saturated heterocycles. The highest BCUT2D eigenvalue weighted by atomic mass is 31.2. The Morgan fingerprint density at radius 3 is 2.10 bits per heavy atom. The van der Waals surface area contributed by atoms with E-state index in [0.29, 0.717) is 0 Å². The Morgan fingerprint density at radius 1 is 1.19 bits per heavy atom. The van der Waals surface area contributed by atoms with Crippen molar-refractivity contribution in [1.82, 2.24) is 0 Å². The van der Waals surface area contributed by atoms with Gasteiger partial charge in [0, 0.05) is 0 Å². The van der Waals surface area contributed by atoms with Crippen LogP contribution in [0.2, 0.25) is 0 Å². The van der Waals surface area contributed by atoms with Crippen molar-refractivity contribution in [3.63, 3.8) is 0 Å². The first-order chi connectivity index (χ1) is 9.72. The molecule has 0 saturated carbocycles. The van der Waals surface area contributed by atoms with Gasteiger partial charge in [0.25, 0.3) is 0 Å². The highest BCUT2D eigenvalue weighted by Gasteiger charge is 2.61.